The minimum Gasteiger partial charge on any atom is -0.310 e. The summed E-state index contributed by atoms with van der Waals surface area (Å²) >= 11 is 1.98. The van der Waals surface area contributed by atoms with Gasteiger partial charge in [-0.1, -0.05) is 269 Å². The van der Waals surface area contributed by atoms with Crippen LogP contribution in [0.1, 0.15) is 235 Å². The molecule has 1 saturated carbocycles. The van der Waals surface area contributed by atoms with E-state index in [9.17, 15) is 0 Å². The Morgan fingerprint density at radius 1 is 0.517 bits per heavy atom. The van der Waals surface area contributed by atoms with E-state index in [0.717, 1.165) is 12.8 Å². The van der Waals surface area contributed by atoms with Gasteiger partial charge in [-0.15, -0.1) is 11.3 Å². The van der Waals surface area contributed by atoms with Crippen molar-refractivity contribution in [3.05, 3.63) is 231 Å². The van der Waals surface area contributed by atoms with E-state index in [1.165, 1.54) is 141 Å². The number of nitrogens with zero attached hydrogens (tertiary/aromatic N) is 1. The highest BCUT2D eigenvalue weighted by atomic mass is 32.1. The Labute approximate surface area is 526 Å². The normalized spacial score (nSPS) is 20.0. The van der Waals surface area contributed by atoms with Crippen LogP contribution in [0.2, 0.25) is 0 Å². The molecule has 1 nitrogen and oxygen atoms in total. The van der Waals surface area contributed by atoms with Gasteiger partial charge in [0.1, 0.15) is 0 Å². The zero-order chi connectivity index (χ0) is 61.3. The molecule has 3 unspecified atom stereocenters. The lowest BCUT2D eigenvalue weighted by atomic mass is 9.30. The Morgan fingerprint density at radius 3 is 1.72 bits per heavy atom. The topological polar surface area (TPSA) is 3.24 Å². The summed E-state index contributed by atoms with van der Waals surface area (Å²) < 4.78 is 2.70. The molecule has 1 fully saturated rings. The Morgan fingerprint density at radius 2 is 1.11 bits per heavy atom. The predicted octanol–water partition coefficient (Wildman–Crippen LogP) is 21.7. The molecular formula is C84H92BNS. The number of allylic oxidation sites excluding steroid dienone is 4. The first-order valence-electron chi connectivity index (χ1n) is 33.0. The molecule has 3 heterocycles. The van der Waals surface area contributed by atoms with Gasteiger partial charge in [-0.05, 0) is 177 Å². The maximum Gasteiger partial charge on any atom is 0.247 e. The van der Waals surface area contributed by atoms with E-state index in [4.69, 9.17) is 0 Å². The molecule has 0 radical (unpaired) electrons. The standard InChI is InChI=1S/C84H92BNS/c1-78(2,3)56-34-30-53(31-35-56)71(54-32-36-57(37-33-54)79(4,5)6)55-44-64-74-73-65(83(16)42-24-25-43-84(74,83)17)48-60(82(13,14)15)49-67(73)85-66-40-41-69-72(61-39-38-58(80(7,8)9)50-70(61)87-69)77(66)86(68(45-55)75(64)85)76-62(51-26-20-18-21-27-51)46-59(81(10,11)12)47-63(76)52-28-22-19-23-29-52/h18,20-22,26-41,44-50,71,74H,19,23-25,42-43H2,1-17H3. The van der Waals surface area contributed by atoms with Crippen LogP contribution in [-0.4, -0.2) is 6.71 Å². The molecule has 0 spiro atoms. The summed E-state index contributed by atoms with van der Waals surface area (Å²) in [4.78, 5) is 2.91. The third kappa shape index (κ3) is 9.18. The fourth-order valence-electron chi connectivity index (χ4n) is 16.7. The summed E-state index contributed by atoms with van der Waals surface area (Å²) in [5.74, 6) is 0.172. The second-order valence-electron chi connectivity index (χ2n) is 32.8. The lowest BCUT2D eigenvalue weighted by Crippen LogP contribution is -2.62. The molecule has 3 heteroatoms. The molecule has 0 N–H and O–H groups in total. The molecule has 442 valence electrons. The molecule has 3 aliphatic carbocycles. The fraction of sp³-hybridized carbons (Fsp3) is 0.381. The summed E-state index contributed by atoms with van der Waals surface area (Å²) in [5.41, 5.74) is 29.2. The van der Waals surface area contributed by atoms with Gasteiger partial charge in [-0.25, -0.2) is 0 Å². The molecule has 0 saturated heterocycles. The van der Waals surface area contributed by atoms with Crippen molar-refractivity contribution >= 4 is 77.2 Å². The minimum atomic E-state index is -0.115. The number of rotatable bonds is 6. The summed E-state index contributed by atoms with van der Waals surface area (Å²) in [7, 11) is 0. The van der Waals surface area contributed by atoms with Gasteiger partial charge in [0, 0.05) is 48.8 Å². The summed E-state index contributed by atoms with van der Waals surface area (Å²) in [6, 6.07) is 59.9. The second kappa shape index (κ2) is 19.9. The van der Waals surface area contributed by atoms with E-state index in [1.807, 2.05) is 11.3 Å². The van der Waals surface area contributed by atoms with E-state index < -0.39 is 0 Å². The van der Waals surface area contributed by atoms with Gasteiger partial charge in [-0.3, -0.25) is 0 Å². The van der Waals surface area contributed by atoms with Crippen LogP contribution in [0, 0.1) is 5.41 Å². The highest BCUT2D eigenvalue weighted by Crippen LogP contribution is 2.68. The third-order valence-electron chi connectivity index (χ3n) is 22.0. The molecule has 0 amide bonds. The van der Waals surface area contributed by atoms with Crippen LogP contribution in [0.5, 0.6) is 0 Å². The van der Waals surface area contributed by atoms with Gasteiger partial charge < -0.3 is 4.90 Å². The quantitative estimate of drug-likeness (QED) is 0.118. The van der Waals surface area contributed by atoms with Crippen molar-refractivity contribution in [3.8, 4) is 11.1 Å². The van der Waals surface area contributed by atoms with Crippen molar-refractivity contribution in [2.24, 2.45) is 5.41 Å². The zero-order valence-electron chi connectivity index (χ0n) is 55.4. The fourth-order valence-corrected chi connectivity index (χ4v) is 17.9. The molecule has 9 aromatic rings. The summed E-state index contributed by atoms with van der Waals surface area (Å²) in [6.07, 6.45) is 14.4. The molecule has 87 heavy (non-hydrogen) atoms. The first kappa shape index (κ1) is 58.0. The lowest BCUT2D eigenvalue weighted by molar-refractivity contribution is 0.0925. The van der Waals surface area contributed by atoms with Crippen LogP contribution in [0.15, 0.2) is 164 Å². The van der Waals surface area contributed by atoms with E-state index in [1.54, 1.807) is 22.2 Å². The van der Waals surface area contributed by atoms with Crippen LogP contribution < -0.4 is 21.3 Å². The van der Waals surface area contributed by atoms with E-state index in [2.05, 4.69) is 286 Å². The monoisotopic (exact) mass is 1160 g/mol. The van der Waals surface area contributed by atoms with Crippen molar-refractivity contribution in [3.63, 3.8) is 0 Å². The van der Waals surface area contributed by atoms with Gasteiger partial charge in [0.05, 0.1) is 11.4 Å². The van der Waals surface area contributed by atoms with Crippen LogP contribution in [0.3, 0.4) is 0 Å². The number of hydrogen-bond acceptors (Lipinski definition) is 2. The molecule has 2 aliphatic heterocycles. The smallest absolute Gasteiger partial charge is 0.247 e. The minimum absolute atomic E-state index is 0.000359. The van der Waals surface area contributed by atoms with E-state index >= 15 is 0 Å². The van der Waals surface area contributed by atoms with E-state index in [0.29, 0.717) is 0 Å². The van der Waals surface area contributed by atoms with Crippen molar-refractivity contribution in [1.29, 1.82) is 0 Å². The number of thiophene rings is 1. The van der Waals surface area contributed by atoms with E-state index in [-0.39, 0.29) is 56.5 Å². The largest absolute Gasteiger partial charge is 0.310 e. The number of anilines is 3. The Balaban J connectivity index is 1.21. The predicted molar refractivity (Wildman–Crippen MR) is 380 cm³/mol. The molecule has 3 atom stereocenters. The van der Waals surface area contributed by atoms with Crippen LogP contribution in [0.25, 0.3) is 36.9 Å². The van der Waals surface area contributed by atoms with Gasteiger partial charge in [0.25, 0.3) is 0 Å². The molecule has 0 bridgehead atoms. The molecular weight excluding hydrogens is 1070 g/mol. The third-order valence-corrected chi connectivity index (χ3v) is 23.1. The highest BCUT2D eigenvalue weighted by molar-refractivity contribution is 7.26. The van der Waals surface area contributed by atoms with Gasteiger partial charge in [-0.2, -0.15) is 0 Å². The second-order valence-corrected chi connectivity index (χ2v) is 33.9. The number of benzene rings is 8. The number of hydrogen-bond donors (Lipinski definition) is 0. The Bertz CT molecular complexity index is 4260. The van der Waals surface area contributed by atoms with Crippen molar-refractivity contribution in [2.45, 2.75) is 201 Å². The van der Waals surface area contributed by atoms with Crippen molar-refractivity contribution < 1.29 is 0 Å². The molecule has 14 rings (SSSR count). The Kier molecular flexibility index (Phi) is 13.3. The van der Waals surface area contributed by atoms with Crippen LogP contribution >= 0.6 is 11.3 Å². The van der Waals surface area contributed by atoms with Gasteiger partial charge in [0.15, 0.2) is 0 Å². The van der Waals surface area contributed by atoms with Crippen molar-refractivity contribution in [2.75, 3.05) is 4.90 Å². The molecule has 1 aromatic heterocycles. The zero-order valence-corrected chi connectivity index (χ0v) is 56.2. The van der Waals surface area contributed by atoms with Crippen molar-refractivity contribution in [1.82, 2.24) is 0 Å². The number of fused-ring (bicyclic) bond motifs is 11. The molecule has 8 aromatic carbocycles. The van der Waals surface area contributed by atoms with Gasteiger partial charge >= 0.3 is 0 Å². The maximum atomic E-state index is 2.91. The van der Waals surface area contributed by atoms with Crippen LogP contribution in [0.4, 0.5) is 17.1 Å². The van der Waals surface area contributed by atoms with Gasteiger partial charge in [0.2, 0.25) is 6.71 Å². The summed E-state index contributed by atoms with van der Waals surface area (Å²) in [5, 5.41) is 2.72. The maximum absolute atomic E-state index is 2.91. The average Bonchev–Trinajstić information content (AvgIpc) is 1.58. The first-order valence-corrected chi connectivity index (χ1v) is 33.8. The first-order chi connectivity index (χ1) is 41.0. The summed E-state index contributed by atoms with van der Waals surface area (Å²) in [6.45, 7) is 41.2. The lowest BCUT2D eigenvalue weighted by Gasteiger charge is -2.51. The molecule has 5 aliphatic rings. The Hall–Kier alpha value is -6.68. The van der Waals surface area contributed by atoms with Crippen LogP contribution in [-0.2, 0) is 32.5 Å². The average molecular weight is 1160 g/mol. The highest BCUT2D eigenvalue weighted by Gasteiger charge is 2.63. The SMILES string of the molecule is CC(C)(C)c1ccc(C(c2ccc(C(C)(C)C)cc2)c2cc3c4c(c2)N(c2c(C5=CCCC=C5)cc(C(C)(C)C)cc2-c2ccccc2)c2c(ccc5sc6cc(C(C)(C)C)ccc6c25)B4c2cc(C(C)(C)C)cc4c2C3C2(C)CCCCC42C)cc1.